The van der Waals surface area contributed by atoms with Gasteiger partial charge in [-0.25, -0.2) is 19.4 Å². The van der Waals surface area contributed by atoms with Crippen LogP contribution < -0.4 is 16.0 Å². The lowest BCUT2D eigenvalue weighted by molar-refractivity contribution is 0.0527. The lowest BCUT2D eigenvalue weighted by Crippen LogP contribution is -2.44. The third kappa shape index (κ3) is 12.1. The maximum Gasteiger partial charge on any atom is 0.414 e. The molecule has 222 valence electrons. The van der Waals surface area contributed by atoms with E-state index in [1.807, 2.05) is 60.7 Å². The third-order valence-electron chi connectivity index (χ3n) is 5.53. The summed E-state index contributed by atoms with van der Waals surface area (Å²) in [6.07, 6.45) is 0.848. The second-order valence-corrected chi connectivity index (χ2v) is 10.3. The molecule has 3 rings (SSSR count). The van der Waals surface area contributed by atoms with Crippen LogP contribution in [0.2, 0.25) is 0 Å². The van der Waals surface area contributed by atoms with Gasteiger partial charge in [-0.15, -0.1) is 0 Å². The summed E-state index contributed by atoms with van der Waals surface area (Å²) >= 11 is 0. The number of aromatic nitrogens is 1. The van der Waals surface area contributed by atoms with Crippen LogP contribution in [-0.2, 0) is 33.8 Å². The number of pyridine rings is 1. The van der Waals surface area contributed by atoms with E-state index >= 15 is 0 Å². The Morgan fingerprint density at radius 3 is 1.88 bits per heavy atom. The minimum atomic E-state index is -0.809. The van der Waals surface area contributed by atoms with E-state index in [-0.39, 0.29) is 19.2 Å². The minimum Gasteiger partial charge on any atom is -0.444 e. The number of amides is 3. The highest BCUT2D eigenvalue weighted by molar-refractivity contribution is 6.02. The molecule has 2 aromatic carbocycles. The van der Waals surface area contributed by atoms with Crippen LogP contribution in [0.1, 0.15) is 49.6 Å². The highest BCUT2D eigenvalue weighted by Crippen LogP contribution is 2.19. The first kappa shape index (κ1) is 31.6. The number of hydrogen-bond donors (Lipinski definition) is 3. The van der Waals surface area contributed by atoms with Crippen LogP contribution in [0.5, 0.6) is 0 Å². The molecule has 0 aliphatic rings. The van der Waals surface area contributed by atoms with Crippen molar-refractivity contribution in [1.82, 2.24) is 20.9 Å². The van der Waals surface area contributed by atoms with Crippen LogP contribution in [0.15, 0.2) is 77.9 Å². The fourth-order valence-electron chi connectivity index (χ4n) is 3.53. The minimum absolute atomic E-state index is 0.0335. The Morgan fingerprint density at radius 1 is 0.810 bits per heavy atom. The summed E-state index contributed by atoms with van der Waals surface area (Å²) in [5, 5.41) is 7.69. The number of carbonyl (C=O) groups is 3. The zero-order chi connectivity index (χ0) is 30.4. The van der Waals surface area contributed by atoms with Crippen molar-refractivity contribution >= 4 is 29.9 Å². The molecule has 0 spiro atoms. The molecule has 0 unspecified atom stereocenters. The molecule has 0 saturated heterocycles. The van der Waals surface area contributed by atoms with Gasteiger partial charge in [-0.2, -0.15) is 0 Å². The average molecular weight is 576 g/mol. The van der Waals surface area contributed by atoms with Gasteiger partial charge in [0.2, 0.25) is 5.96 Å². The number of benzene rings is 2. The van der Waals surface area contributed by atoms with Crippen molar-refractivity contribution in [2.45, 2.75) is 59.4 Å². The van der Waals surface area contributed by atoms with E-state index in [0.717, 1.165) is 16.7 Å². The van der Waals surface area contributed by atoms with Crippen LogP contribution >= 0.6 is 0 Å². The van der Waals surface area contributed by atoms with Gasteiger partial charge in [0, 0.05) is 12.7 Å². The molecule has 3 N–H and O–H groups in total. The zero-order valence-corrected chi connectivity index (χ0v) is 24.3. The number of rotatable bonds is 9. The van der Waals surface area contributed by atoms with E-state index in [0.29, 0.717) is 30.8 Å². The molecule has 11 nitrogen and oxygen atoms in total. The highest BCUT2D eigenvalue weighted by Gasteiger charge is 2.16. The molecule has 0 saturated carbocycles. The van der Waals surface area contributed by atoms with Crippen molar-refractivity contribution in [1.29, 1.82) is 0 Å². The number of ether oxygens (including phenoxy) is 3. The number of nitrogens with zero attached hydrogens (tertiary/aromatic N) is 2. The van der Waals surface area contributed by atoms with Gasteiger partial charge in [0.25, 0.3) is 0 Å². The Balaban J connectivity index is 1.67. The van der Waals surface area contributed by atoms with Gasteiger partial charge < -0.3 is 19.5 Å². The third-order valence-corrected chi connectivity index (χ3v) is 5.53. The first-order valence-corrected chi connectivity index (χ1v) is 13.5. The van der Waals surface area contributed by atoms with Gasteiger partial charge in [-0.1, -0.05) is 60.7 Å². The van der Waals surface area contributed by atoms with Gasteiger partial charge >= 0.3 is 18.3 Å². The SMILES string of the molecule is Cc1ncc(CCCNC(=O)OC(C)(C)C)cc1N=C(NC(=O)OCc1ccccc1)NC(=O)OCc1ccccc1. The topological polar surface area (TPSA) is 140 Å². The van der Waals surface area contributed by atoms with Crippen molar-refractivity contribution < 1.29 is 28.6 Å². The number of aryl methyl sites for hydroxylation is 2. The lowest BCUT2D eigenvalue weighted by atomic mass is 10.1. The number of nitrogens with one attached hydrogen (secondary N) is 3. The van der Waals surface area contributed by atoms with Crippen molar-refractivity contribution in [3.05, 3.63) is 95.3 Å². The van der Waals surface area contributed by atoms with Crippen LogP contribution in [-0.4, -0.2) is 41.4 Å². The molecule has 0 aliphatic carbocycles. The lowest BCUT2D eigenvalue weighted by Gasteiger charge is -2.19. The van der Waals surface area contributed by atoms with Crippen LogP contribution in [0.3, 0.4) is 0 Å². The predicted octanol–water partition coefficient (Wildman–Crippen LogP) is 5.69. The largest absolute Gasteiger partial charge is 0.444 e. The molecule has 0 atom stereocenters. The van der Waals surface area contributed by atoms with Gasteiger partial charge in [0.15, 0.2) is 0 Å². The fourth-order valence-corrected chi connectivity index (χ4v) is 3.53. The summed E-state index contributed by atoms with van der Waals surface area (Å²) in [5.74, 6) is -0.181. The Kier molecular flexibility index (Phi) is 11.8. The second kappa shape index (κ2) is 15.8. The van der Waals surface area contributed by atoms with Crippen molar-refractivity contribution in [3.63, 3.8) is 0 Å². The quantitative estimate of drug-likeness (QED) is 0.129. The molecular weight excluding hydrogens is 538 g/mol. The van der Waals surface area contributed by atoms with Gasteiger partial charge in [-0.05, 0) is 63.3 Å². The molecule has 1 aromatic heterocycles. The van der Waals surface area contributed by atoms with E-state index in [4.69, 9.17) is 14.2 Å². The normalized spacial score (nSPS) is 10.7. The second-order valence-electron chi connectivity index (χ2n) is 10.3. The summed E-state index contributed by atoms with van der Waals surface area (Å²) in [7, 11) is 0. The number of alkyl carbamates (subject to hydrolysis) is 3. The summed E-state index contributed by atoms with van der Waals surface area (Å²) < 4.78 is 15.8. The maximum atomic E-state index is 12.6. The first-order chi connectivity index (χ1) is 20.1. The summed E-state index contributed by atoms with van der Waals surface area (Å²) in [6, 6.07) is 20.2. The summed E-state index contributed by atoms with van der Waals surface area (Å²) in [4.78, 5) is 45.9. The smallest absolute Gasteiger partial charge is 0.414 e. The van der Waals surface area contributed by atoms with E-state index in [9.17, 15) is 14.4 Å². The van der Waals surface area contributed by atoms with Gasteiger partial charge in [-0.3, -0.25) is 15.6 Å². The summed E-state index contributed by atoms with van der Waals surface area (Å²) in [6.45, 7) is 7.64. The maximum absolute atomic E-state index is 12.6. The highest BCUT2D eigenvalue weighted by atomic mass is 16.6. The van der Waals surface area contributed by atoms with Gasteiger partial charge in [0.05, 0.1) is 11.4 Å². The van der Waals surface area contributed by atoms with Crippen LogP contribution in [0.4, 0.5) is 20.1 Å². The monoisotopic (exact) mass is 575 g/mol. The fraction of sp³-hybridized carbons (Fsp3) is 0.323. The summed E-state index contributed by atoms with van der Waals surface area (Å²) in [5.41, 5.74) is 2.88. The molecule has 1 heterocycles. The van der Waals surface area contributed by atoms with Crippen LogP contribution in [0, 0.1) is 6.92 Å². The predicted molar refractivity (Wildman–Crippen MR) is 158 cm³/mol. The van der Waals surface area contributed by atoms with Gasteiger partial charge in [0.1, 0.15) is 18.8 Å². The molecule has 11 heteroatoms. The number of carbonyl (C=O) groups excluding carboxylic acids is 3. The van der Waals surface area contributed by atoms with E-state index in [1.54, 1.807) is 40.0 Å². The number of aliphatic imine (C=N–C) groups is 1. The molecule has 0 radical (unpaired) electrons. The van der Waals surface area contributed by atoms with E-state index in [2.05, 4.69) is 25.9 Å². The molecule has 3 amide bonds. The van der Waals surface area contributed by atoms with Crippen molar-refractivity contribution in [3.8, 4) is 0 Å². The molecule has 0 bridgehead atoms. The zero-order valence-electron chi connectivity index (χ0n) is 24.3. The Hall–Kier alpha value is -4.93. The van der Waals surface area contributed by atoms with Crippen molar-refractivity contribution in [2.75, 3.05) is 6.54 Å². The molecule has 0 aliphatic heterocycles. The Labute approximate surface area is 245 Å². The average Bonchev–Trinajstić information content (AvgIpc) is 2.95. The standard InChI is InChI=1S/C31H37N5O6/c1-22-26(18-25(19-33-22)16-11-17-32-28(37)42-31(2,3)4)34-27(35-29(38)40-20-23-12-7-5-8-13-23)36-30(39)41-21-24-14-9-6-10-15-24/h5-10,12-15,18-19H,11,16-17,20-21H2,1-4H3,(H,32,37)(H2,34,35,36,38,39). The van der Waals surface area contributed by atoms with Crippen LogP contribution in [0.25, 0.3) is 0 Å². The molecule has 0 fully saturated rings. The number of guanidine groups is 1. The Morgan fingerprint density at radius 2 is 1.36 bits per heavy atom. The van der Waals surface area contributed by atoms with Crippen molar-refractivity contribution in [2.24, 2.45) is 4.99 Å². The molecular formula is C31H37N5O6. The van der Waals surface area contributed by atoms with E-state index < -0.39 is 23.9 Å². The molecule has 3 aromatic rings. The van der Waals surface area contributed by atoms with E-state index in [1.165, 1.54) is 0 Å². The molecule has 42 heavy (non-hydrogen) atoms. The first-order valence-electron chi connectivity index (χ1n) is 13.5. The number of hydrogen-bond acceptors (Lipinski definition) is 8. The Bertz CT molecular complexity index is 1300.